The number of aryl methyl sites for hydroxylation is 1. The first kappa shape index (κ1) is 12.9. The largest absolute Gasteiger partial charge is 0.370 e. The smallest absolute Gasteiger partial charge is 0.193 e. The Labute approximate surface area is 109 Å². The van der Waals surface area contributed by atoms with E-state index in [1.165, 1.54) is 24.8 Å². The minimum Gasteiger partial charge on any atom is -0.370 e. The highest BCUT2D eigenvalue weighted by Gasteiger charge is 2.19. The van der Waals surface area contributed by atoms with Gasteiger partial charge < -0.3 is 11.1 Å². The third kappa shape index (κ3) is 4.40. The van der Waals surface area contributed by atoms with Crippen molar-refractivity contribution >= 4 is 11.6 Å². The van der Waals surface area contributed by atoms with Gasteiger partial charge in [0, 0.05) is 12.2 Å². The Bertz CT molecular complexity index is 408. The molecular formula is C15H23N3. The fraction of sp³-hybridized carbons (Fsp3) is 0.533. The zero-order valence-electron chi connectivity index (χ0n) is 11.2. The summed E-state index contributed by atoms with van der Waals surface area (Å²) in [5, 5.41) is 3.15. The monoisotopic (exact) mass is 245 g/mol. The molecule has 1 aromatic carbocycles. The van der Waals surface area contributed by atoms with Crippen molar-refractivity contribution in [3.05, 3.63) is 29.8 Å². The van der Waals surface area contributed by atoms with E-state index in [0.717, 1.165) is 31.0 Å². The van der Waals surface area contributed by atoms with Crippen LogP contribution in [0.25, 0.3) is 0 Å². The summed E-state index contributed by atoms with van der Waals surface area (Å²) >= 11 is 0. The van der Waals surface area contributed by atoms with Crippen LogP contribution in [0.2, 0.25) is 0 Å². The molecule has 0 amide bonds. The van der Waals surface area contributed by atoms with Crippen LogP contribution in [0.5, 0.6) is 0 Å². The van der Waals surface area contributed by atoms with Crippen molar-refractivity contribution in [1.29, 1.82) is 0 Å². The zero-order valence-corrected chi connectivity index (χ0v) is 11.2. The van der Waals surface area contributed by atoms with E-state index in [9.17, 15) is 0 Å². The lowest BCUT2D eigenvalue weighted by Crippen LogP contribution is -2.22. The van der Waals surface area contributed by atoms with Gasteiger partial charge in [0.1, 0.15) is 0 Å². The van der Waals surface area contributed by atoms with Crippen LogP contribution in [-0.2, 0) is 6.42 Å². The van der Waals surface area contributed by atoms with Crippen molar-refractivity contribution < 1.29 is 0 Å². The molecule has 1 saturated carbocycles. The molecule has 0 aromatic heterocycles. The first-order valence-electron chi connectivity index (χ1n) is 6.94. The summed E-state index contributed by atoms with van der Waals surface area (Å²) in [6.45, 7) is 2.98. The molecule has 3 heteroatoms. The lowest BCUT2D eigenvalue weighted by atomic mass is 10.1. The zero-order chi connectivity index (χ0) is 12.8. The van der Waals surface area contributed by atoms with E-state index >= 15 is 0 Å². The number of hydrogen-bond acceptors (Lipinski definition) is 1. The predicted octanol–water partition coefficient (Wildman–Crippen LogP) is 3.17. The van der Waals surface area contributed by atoms with E-state index in [-0.39, 0.29) is 0 Å². The minimum absolute atomic E-state index is 0.527. The van der Waals surface area contributed by atoms with E-state index in [2.05, 4.69) is 29.4 Å². The molecule has 0 radical (unpaired) electrons. The molecule has 3 nitrogen and oxygen atoms in total. The van der Waals surface area contributed by atoms with Crippen molar-refractivity contribution in [1.82, 2.24) is 0 Å². The molecule has 1 fully saturated rings. The molecule has 0 unspecified atom stereocenters. The maximum atomic E-state index is 5.87. The van der Waals surface area contributed by atoms with E-state index in [1.807, 2.05) is 12.1 Å². The average molecular weight is 245 g/mol. The Morgan fingerprint density at radius 3 is 3.00 bits per heavy atom. The number of guanidine groups is 1. The van der Waals surface area contributed by atoms with Crippen LogP contribution < -0.4 is 11.1 Å². The molecule has 2 rings (SSSR count). The molecule has 0 atom stereocenters. The quantitative estimate of drug-likeness (QED) is 0.459. The maximum absolute atomic E-state index is 5.87. The lowest BCUT2D eigenvalue weighted by molar-refractivity contribution is 0.675. The van der Waals surface area contributed by atoms with Gasteiger partial charge in [-0.25, -0.2) is 0 Å². The fourth-order valence-electron chi connectivity index (χ4n) is 2.04. The molecule has 0 spiro atoms. The molecule has 18 heavy (non-hydrogen) atoms. The maximum Gasteiger partial charge on any atom is 0.193 e. The Morgan fingerprint density at radius 1 is 1.44 bits per heavy atom. The number of benzene rings is 1. The van der Waals surface area contributed by atoms with Crippen LogP contribution in [0.1, 0.15) is 38.2 Å². The van der Waals surface area contributed by atoms with Crippen LogP contribution >= 0.6 is 0 Å². The summed E-state index contributed by atoms with van der Waals surface area (Å²) in [6.07, 6.45) is 6.33. The minimum atomic E-state index is 0.527. The summed E-state index contributed by atoms with van der Waals surface area (Å²) in [5.74, 6) is 1.51. The summed E-state index contributed by atoms with van der Waals surface area (Å²) in [5.41, 5.74) is 8.20. The summed E-state index contributed by atoms with van der Waals surface area (Å²) < 4.78 is 0. The van der Waals surface area contributed by atoms with Crippen molar-refractivity contribution in [2.45, 2.75) is 39.0 Å². The Balaban J connectivity index is 1.77. The molecule has 0 saturated heterocycles. The van der Waals surface area contributed by atoms with Crippen LogP contribution in [-0.4, -0.2) is 12.5 Å². The van der Waals surface area contributed by atoms with Gasteiger partial charge in [0.2, 0.25) is 0 Å². The lowest BCUT2D eigenvalue weighted by Gasteiger charge is -2.07. The highest BCUT2D eigenvalue weighted by molar-refractivity contribution is 5.92. The number of nitrogens with zero attached hydrogens (tertiary/aromatic N) is 1. The van der Waals surface area contributed by atoms with Gasteiger partial charge in [0.05, 0.1) is 0 Å². The SMILES string of the molecule is CCc1cccc(NC(N)=NCCCC2CC2)c1. The molecule has 1 aliphatic carbocycles. The second-order valence-electron chi connectivity index (χ2n) is 5.03. The van der Waals surface area contributed by atoms with Gasteiger partial charge >= 0.3 is 0 Å². The van der Waals surface area contributed by atoms with E-state index in [1.54, 1.807) is 0 Å². The first-order valence-corrected chi connectivity index (χ1v) is 6.94. The van der Waals surface area contributed by atoms with Gasteiger partial charge in [-0.1, -0.05) is 31.9 Å². The number of aliphatic imine (C=N–C) groups is 1. The molecule has 98 valence electrons. The first-order chi connectivity index (χ1) is 8.78. The van der Waals surface area contributed by atoms with Crippen LogP contribution in [0.3, 0.4) is 0 Å². The predicted molar refractivity (Wildman–Crippen MR) is 77.9 cm³/mol. The second kappa shape index (κ2) is 6.43. The van der Waals surface area contributed by atoms with Crippen molar-refractivity contribution in [3.63, 3.8) is 0 Å². The molecule has 0 bridgehead atoms. The van der Waals surface area contributed by atoms with Gasteiger partial charge in [-0.2, -0.15) is 0 Å². The normalized spacial score (nSPS) is 15.7. The van der Waals surface area contributed by atoms with E-state index in [4.69, 9.17) is 5.73 Å². The summed E-state index contributed by atoms with van der Waals surface area (Å²) in [7, 11) is 0. The van der Waals surface area contributed by atoms with Crippen LogP contribution in [0.15, 0.2) is 29.3 Å². The molecular weight excluding hydrogens is 222 g/mol. The Hall–Kier alpha value is -1.51. The van der Waals surface area contributed by atoms with Gasteiger partial charge in [-0.15, -0.1) is 0 Å². The standard InChI is InChI=1S/C15H23N3/c1-2-12-5-3-7-14(11-12)18-15(16)17-10-4-6-13-8-9-13/h3,5,7,11,13H,2,4,6,8-10H2,1H3,(H3,16,17,18). The Morgan fingerprint density at radius 2 is 2.28 bits per heavy atom. The second-order valence-corrected chi connectivity index (χ2v) is 5.03. The van der Waals surface area contributed by atoms with Gasteiger partial charge in [0.25, 0.3) is 0 Å². The van der Waals surface area contributed by atoms with E-state index < -0.39 is 0 Å². The molecule has 3 N–H and O–H groups in total. The number of nitrogens with two attached hydrogens (primary N) is 1. The van der Waals surface area contributed by atoms with Gasteiger partial charge in [-0.05, 0) is 42.9 Å². The Kier molecular flexibility index (Phi) is 4.62. The third-order valence-corrected chi connectivity index (χ3v) is 3.36. The van der Waals surface area contributed by atoms with Crippen molar-refractivity contribution in [2.24, 2.45) is 16.6 Å². The number of hydrogen-bond donors (Lipinski definition) is 2. The summed E-state index contributed by atoms with van der Waals surface area (Å²) in [6, 6.07) is 8.30. The third-order valence-electron chi connectivity index (χ3n) is 3.36. The van der Waals surface area contributed by atoms with Crippen molar-refractivity contribution in [3.8, 4) is 0 Å². The van der Waals surface area contributed by atoms with Crippen LogP contribution in [0.4, 0.5) is 5.69 Å². The topological polar surface area (TPSA) is 50.4 Å². The average Bonchev–Trinajstić information content (AvgIpc) is 3.19. The van der Waals surface area contributed by atoms with E-state index in [0.29, 0.717) is 5.96 Å². The molecule has 1 aromatic rings. The van der Waals surface area contributed by atoms with Crippen molar-refractivity contribution in [2.75, 3.05) is 11.9 Å². The fourth-order valence-corrected chi connectivity index (χ4v) is 2.04. The van der Waals surface area contributed by atoms with Gasteiger partial charge in [-0.3, -0.25) is 4.99 Å². The van der Waals surface area contributed by atoms with Gasteiger partial charge in [0.15, 0.2) is 5.96 Å². The molecule has 0 heterocycles. The molecule has 0 aliphatic heterocycles. The highest BCUT2D eigenvalue weighted by Crippen LogP contribution is 2.33. The highest BCUT2D eigenvalue weighted by atomic mass is 15.1. The molecule has 1 aliphatic rings. The number of anilines is 1. The van der Waals surface area contributed by atoms with Crippen LogP contribution in [0, 0.1) is 5.92 Å². The number of nitrogens with one attached hydrogen (secondary N) is 1. The summed E-state index contributed by atoms with van der Waals surface area (Å²) in [4.78, 5) is 4.36. The number of rotatable bonds is 6.